The van der Waals surface area contributed by atoms with Crippen molar-refractivity contribution in [2.45, 2.75) is 83.6 Å². The first kappa shape index (κ1) is 29.4. The molecule has 1 atom stereocenters. The van der Waals surface area contributed by atoms with Gasteiger partial charge in [0.15, 0.2) is 0 Å². The molecule has 1 unspecified atom stereocenters. The molecule has 0 radical (unpaired) electrons. The molecule has 2 aliphatic carbocycles. The van der Waals surface area contributed by atoms with Crippen LogP contribution in [0.4, 0.5) is 5.69 Å². The number of carbonyl (C=O) groups excluding carboxylic acids is 3. The zero-order valence-electron chi connectivity index (χ0n) is 22.7. The summed E-state index contributed by atoms with van der Waals surface area (Å²) < 4.78 is 0. The largest absolute Gasteiger partial charge is 0.356 e. The van der Waals surface area contributed by atoms with Gasteiger partial charge in [0.25, 0.3) is 5.91 Å². The van der Waals surface area contributed by atoms with Gasteiger partial charge in [-0.05, 0) is 81.2 Å². The van der Waals surface area contributed by atoms with Crippen LogP contribution in [0.1, 0.15) is 87.1 Å². The van der Waals surface area contributed by atoms with E-state index in [0.717, 1.165) is 44.1 Å². The number of amides is 3. The minimum atomic E-state index is -0.400. The van der Waals surface area contributed by atoms with Crippen molar-refractivity contribution in [1.29, 1.82) is 0 Å². The number of benzene rings is 2. The van der Waals surface area contributed by atoms with Gasteiger partial charge in [0, 0.05) is 24.7 Å². The Balaban J connectivity index is 1.26. The maximum absolute atomic E-state index is 13.4. The first-order valence-corrected chi connectivity index (χ1v) is 14.9. The first-order chi connectivity index (χ1) is 18.8. The number of carbonyl (C=O) groups is 3. The third kappa shape index (κ3) is 7.98. The van der Waals surface area contributed by atoms with Crippen LogP contribution >= 0.6 is 23.2 Å². The van der Waals surface area contributed by atoms with Gasteiger partial charge in [0.1, 0.15) is 0 Å². The van der Waals surface area contributed by atoms with Crippen molar-refractivity contribution in [2.75, 3.05) is 11.9 Å². The minimum absolute atomic E-state index is 0.0469. The molecular formula is C31H39Cl2N3O3. The summed E-state index contributed by atoms with van der Waals surface area (Å²) in [5.74, 6) is 0.382. The Bertz CT molecular complexity index is 1140. The van der Waals surface area contributed by atoms with Gasteiger partial charge < -0.3 is 16.0 Å². The zero-order valence-corrected chi connectivity index (χ0v) is 24.2. The monoisotopic (exact) mass is 571 g/mol. The molecule has 3 amide bonds. The SMILES string of the molecule is CC(Cc1ccc(NC(=O)c2c(Cl)cccc2Cl)cc1)NC(=O)C1(CCNC(=O)CC2CCCC2)CCCC1. The second kappa shape index (κ2) is 13.7. The molecule has 0 saturated heterocycles. The van der Waals surface area contributed by atoms with Crippen molar-refractivity contribution in [3.05, 3.63) is 63.6 Å². The second-order valence-electron chi connectivity index (χ2n) is 11.3. The molecule has 2 fully saturated rings. The molecule has 210 valence electrons. The average molecular weight is 573 g/mol. The van der Waals surface area contributed by atoms with Crippen LogP contribution in [0.5, 0.6) is 0 Å². The molecule has 0 aromatic heterocycles. The molecule has 3 N–H and O–H groups in total. The van der Waals surface area contributed by atoms with Crippen LogP contribution in [-0.2, 0) is 16.0 Å². The van der Waals surface area contributed by atoms with Crippen LogP contribution in [0.2, 0.25) is 10.0 Å². The van der Waals surface area contributed by atoms with Crippen LogP contribution < -0.4 is 16.0 Å². The quantitative estimate of drug-likeness (QED) is 0.273. The van der Waals surface area contributed by atoms with E-state index in [2.05, 4.69) is 16.0 Å². The summed E-state index contributed by atoms with van der Waals surface area (Å²) >= 11 is 12.3. The summed E-state index contributed by atoms with van der Waals surface area (Å²) in [4.78, 5) is 38.4. The van der Waals surface area contributed by atoms with Crippen molar-refractivity contribution < 1.29 is 14.4 Å². The molecule has 0 spiro atoms. The molecular weight excluding hydrogens is 533 g/mol. The molecule has 2 saturated carbocycles. The van der Waals surface area contributed by atoms with E-state index in [1.165, 1.54) is 12.8 Å². The molecule has 0 aliphatic heterocycles. The lowest BCUT2D eigenvalue weighted by atomic mass is 9.81. The van der Waals surface area contributed by atoms with Crippen LogP contribution in [-0.4, -0.2) is 30.3 Å². The molecule has 2 aromatic rings. The third-order valence-corrected chi connectivity index (χ3v) is 8.87. The Hall–Kier alpha value is -2.57. The van der Waals surface area contributed by atoms with Gasteiger partial charge >= 0.3 is 0 Å². The van der Waals surface area contributed by atoms with Crippen molar-refractivity contribution >= 4 is 46.6 Å². The summed E-state index contributed by atoms with van der Waals surface area (Å²) in [6.07, 6.45) is 10.6. The van der Waals surface area contributed by atoms with Gasteiger partial charge in [0.2, 0.25) is 11.8 Å². The number of nitrogens with one attached hydrogen (secondary N) is 3. The Kier molecular flexibility index (Phi) is 10.3. The molecule has 8 heteroatoms. The lowest BCUT2D eigenvalue weighted by Gasteiger charge is -2.30. The Morgan fingerprint density at radius 2 is 1.59 bits per heavy atom. The summed E-state index contributed by atoms with van der Waals surface area (Å²) in [6, 6.07) is 12.5. The van der Waals surface area contributed by atoms with Crippen molar-refractivity contribution in [2.24, 2.45) is 11.3 Å². The van der Waals surface area contributed by atoms with E-state index in [0.29, 0.717) is 47.5 Å². The van der Waals surface area contributed by atoms with Gasteiger partial charge in [0.05, 0.1) is 21.0 Å². The van der Waals surface area contributed by atoms with Crippen molar-refractivity contribution in [1.82, 2.24) is 10.6 Å². The maximum Gasteiger partial charge on any atom is 0.258 e. The van der Waals surface area contributed by atoms with Crippen LogP contribution in [0, 0.1) is 11.3 Å². The molecule has 0 heterocycles. The summed E-state index contributed by atoms with van der Waals surface area (Å²) in [5.41, 5.74) is 1.53. The topological polar surface area (TPSA) is 87.3 Å². The molecule has 2 aliphatic rings. The highest BCUT2D eigenvalue weighted by Gasteiger charge is 2.41. The highest BCUT2D eigenvalue weighted by atomic mass is 35.5. The van der Waals surface area contributed by atoms with Gasteiger partial charge in [-0.15, -0.1) is 0 Å². The summed E-state index contributed by atoms with van der Waals surface area (Å²) in [6.45, 7) is 2.57. The fourth-order valence-electron chi connectivity index (χ4n) is 6.05. The number of hydrogen-bond donors (Lipinski definition) is 3. The van der Waals surface area contributed by atoms with E-state index >= 15 is 0 Å². The van der Waals surface area contributed by atoms with E-state index in [4.69, 9.17) is 23.2 Å². The fourth-order valence-corrected chi connectivity index (χ4v) is 6.62. The van der Waals surface area contributed by atoms with Gasteiger partial charge in [-0.2, -0.15) is 0 Å². The second-order valence-corrected chi connectivity index (χ2v) is 12.1. The molecule has 4 rings (SSSR count). The molecule has 0 bridgehead atoms. The molecule has 2 aromatic carbocycles. The fraction of sp³-hybridized carbons (Fsp3) is 0.516. The standard InChI is InChI=1S/C31H39Cl2N3O3/c1-21(19-23-11-13-24(14-12-23)36-29(38)28-25(32)9-6-10-26(28)33)35-30(39)31(15-4-5-16-31)17-18-34-27(37)20-22-7-2-3-8-22/h6,9-14,21-22H,2-5,7-8,15-20H2,1H3,(H,34,37)(H,35,39)(H,36,38). The predicted octanol–water partition coefficient (Wildman–Crippen LogP) is 6.94. The average Bonchev–Trinajstić information content (AvgIpc) is 3.58. The third-order valence-electron chi connectivity index (χ3n) is 8.24. The zero-order chi connectivity index (χ0) is 27.8. The highest BCUT2D eigenvalue weighted by Crippen LogP contribution is 2.41. The number of hydrogen-bond acceptors (Lipinski definition) is 3. The summed E-state index contributed by atoms with van der Waals surface area (Å²) in [5, 5.41) is 9.75. The van der Waals surface area contributed by atoms with Gasteiger partial charge in [-0.1, -0.05) is 67.1 Å². The first-order valence-electron chi connectivity index (χ1n) is 14.2. The van der Waals surface area contributed by atoms with Crippen LogP contribution in [0.15, 0.2) is 42.5 Å². The van der Waals surface area contributed by atoms with E-state index in [1.807, 2.05) is 31.2 Å². The normalized spacial score (nSPS) is 17.5. The summed E-state index contributed by atoms with van der Waals surface area (Å²) in [7, 11) is 0. The Morgan fingerprint density at radius 3 is 2.23 bits per heavy atom. The predicted molar refractivity (Wildman–Crippen MR) is 157 cm³/mol. The van der Waals surface area contributed by atoms with Crippen LogP contribution in [0.3, 0.4) is 0 Å². The van der Waals surface area contributed by atoms with E-state index in [9.17, 15) is 14.4 Å². The number of rotatable bonds is 11. The van der Waals surface area contributed by atoms with E-state index in [-0.39, 0.29) is 29.3 Å². The smallest absolute Gasteiger partial charge is 0.258 e. The van der Waals surface area contributed by atoms with Crippen molar-refractivity contribution in [3.8, 4) is 0 Å². The number of anilines is 1. The van der Waals surface area contributed by atoms with Crippen LogP contribution in [0.25, 0.3) is 0 Å². The minimum Gasteiger partial charge on any atom is -0.356 e. The van der Waals surface area contributed by atoms with E-state index < -0.39 is 5.41 Å². The Morgan fingerprint density at radius 1 is 0.949 bits per heavy atom. The lowest BCUT2D eigenvalue weighted by Crippen LogP contribution is -2.45. The Labute approximate surface area is 241 Å². The lowest BCUT2D eigenvalue weighted by molar-refractivity contribution is -0.132. The molecule has 39 heavy (non-hydrogen) atoms. The molecule has 6 nitrogen and oxygen atoms in total. The van der Waals surface area contributed by atoms with E-state index in [1.54, 1.807) is 18.2 Å². The van der Waals surface area contributed by atoms with Gasteiger partial charge in [-0.3, -0.25) is 14.4 Å². The maximum atomic E-state index is 13.4. The van der Waals surface area contributed by atoms with Gasteiger partial charge in [-0.25, -0.2) is 0 Å². The van der Waals surface area contributed by atoms with Crippen molar-refractivity contribution in [3.63, 3.8) is 0 Å². The number of halogens is 2. The highest BCUT2D eigenvalue weighted by molar-refractivity contribution is 6.40.